The van der Waals surface area contributed by atoms with Gasteiger partial charge in [0.05, 0.1) is 19.9 Å². The number of amides is 1. The molecule has 3 aromatic rings. The van der Waals surface area contributed by atoms with Crippen molar-refractivity contribution in [3.8, 4) is 22.6 Å². The van der Waals surface area contributed by atoms with Gasteiger partial charge in [-0.3, -0.25) is 9.59 Å². The summed E-state index contributed by atoms with van der Waals surface area (Å²) in [5.41, 5.74) is 5.37. The molecule has 1 fully saturated rings. The number of benzene rings is 3. The number of carbonyl (C=O) groups is 2. The van der Waals surface area contributed by atoms with Gasteiger partial charge in [-0.1, -0.05) is 31.0 Å². The van der Waals surface area contributed by atoms with E-state index in [1.54, 1.807) is 14.2 Å². The third kappa shape index (κ3) is 5.93. The average Bonchev–Trinajstić information content (AvgIpc) is 3.17. The molecule has 1 heterocycles. The lowest BCUT2D eigenvalue weighted by molar-refractivity contribution is 0.0995. The normalized spacial score (nSPS) is 15.4. The van der Waals surface area contributed by atoms with Crippen molar-refractivity contribution in [2.45, 2.75) is 38.5 Å². The van der Waals surface area contributed by atoms with E-state index in [4.69, 9.17) is 9.47 Å². The molecule has 0 spiro atoms. The molecule has 0 aromatic heterocycles. The first kappa shape index (κ1) is 26.8. The number of ether oxygens (including phenoxy) is 2. The third-order valence-electron chi connectivity index (χ3n) is 7.74. The van der Waals surface area contributed by atoms with Crippen molar-refractivity contribution >= 4 is 23.1 Å². The number of likely N-dealkylation sites (tertiary alicyclic amines) is 1. The number of hydrogen-bond donors (Lipinski definition) is 2. The predicted octanol–water partition coefficient (Wildman–Crippen LogP) is 6.04. The number of anilines is 2. The van der Waals surface area contributed by atoms with Gasteiger partial charge in [0.25, 0.3) is 5.91 Å². The van der Waals surface area contributed by atoms with Gasteiger partial charge in [-0.25, -0.2) is 0 Å². The molecule has 2 N–H and O–H groups in total. The molecule has 7 nitrogen and oxygen atoms in total. The van der Waals surface area contributed by atoms with Crippen LogP contribution in [0.3, 0.4) is 0 Å². The van der Waals surface area contributed by atoms with Gasteiger partial charge in [-0.15, -0.1) is 0 Å². The van der Waals surface area contributed by atoms with Crippen LogP contribution in [0.15, 0.2) is 54.6 Å². The third-order valence-corrected chi connectivity index (χ3v) is 7.74. The fourth-order valence-corrected chi connectivity index (χ4v) is 5.70. The molecule has 0 atom stereocenters. The zero-order valence-electron chi connectivity index (χ0n) is 22.8. The van der Waals surface area contributed by atoms with Gasteiger partial charge in [0.2, 0.25) is 0 Å². The summed E-state index contributed by atoms with van der Waals surface area (Å²) >= 11 is 0. The van der Waals surface area contributed by atoms with Gasteiger partial charge in [-0.05, 0) is 79.9 Å². The maximum absolute atomic E-state index is 13.1. The molecular formula is C32H37N3O4. The Labute approximate surface area is 230 Å². The second-order valence-electron chi connectivity index (χ2n) is 10.2. The topological polar surface area (TPSA) is 79.9 Å². The quantitative estimate of drug-likeness (QED) is 0.353. The molecule has 1 aliphatic carbocycles. The molecule has 1 saturated heterocycles. The van der Waals surface area contributed by atoms with E-state index in [-0.39, 0.29) is 11.7 Å². The highest BCUT2D eigenvalue weighted by Crippen LogP contribution is 2.43. The van der Waals surface area contributed by atoms with Crippen molar-refractivity contribution in [3.63, 3.8) is 0 Å². The summed E-state index contributed by atoms with van der Waals surface area (Å²) in [6.45, 7) is 4.27. The number of carbonyl (C=O) groups excluding carboxylic acids is 2. The molecule has 0 bridgehead atoms. The van der Waals surface area contributed by atoms with E-state index < -0.39 is 0 Å². The largest absolute Gasteiger partial charge is 0.493 e. The lowest BCUT2D eigenvalue weighted by atomic mass is 9.94. The second-order valence-corrected chi connectivity index (χ2v) is 10.2. The summed E-state index contributed by atoms with van der Waals surface area (Å²) in [6.07, 6.45) is 6.29. The molecule has 2 aliphatic rings. The minimum atomic E-state index is -0.236. The number of nitrogens with zero attached hydrogens (tertiary/aromatic N) is 1. The molecule has 1 amide bonds. The first-order chi connectivity index (χ1) is 19.1. The number of nitrogens with one attached hydrogen (secondary N) is 2. The Kier molecular flexibility index (Phi) is 8.47. The zero-order chi connectivity index (χ0) is 27.2. The Morgan fingerprint density at radius 3 is 2.36 bits per heavy atom. The van der Waals surface area contributed by atoms with Gasteiger partial charge in [-0.2, -0.15) is 0 Å². The van der Waals surface area contributed by atoms with Crippen LogP contribution in [0.5, 0.6) is 11.5 Å². The minimum Gasteiger partial charge on any atom is -0.493 e. The molecule has 39 heavy (non-hydrogen) atoms. The molecule has 7 heteroatoms. The molecule has 5 rings (SSSR count). The maximum atomic E-state index is 13.1. The molecule has 0 saturated carbocycles. The SMILES string of the molecule is COc1cccc(-c2ccc(NC(=O)c3ccc(NCCN4CCCCCC4)cc3)c3c2CCC3=O)c1OC. The van der Waals surface area contributed by atoms with Gasteiger partial charge < -0.3 is 25.0 Å². The van der Waals surface area contributed by atoms with Crippen LogP contribution in [0.4, 0.5) is 11.4 Å². The van der Waals surface area contributed by atoms with Crippen molar-refractivity contribution in [2.75, 3.05) is 51.0 Å². The number of methoxy groups -OCH3 is 2. The van der Waals surface area contributed by atoms with E-state index in [1.165, 1.54) is 38.8 Å². The van der Waals surface area contributed by atoms with Gasteiger partial charge in [0.15, 0.2) is 17.3 Å². The van der Waals surface area contributed by atoms with Crippen LogP contribution < -0.4 is 20.1 Å². The summed E-state index contributed by atoms with van der Waals surface area (Å²) in [4.78, 5) is 28.6. The van der Waals surface area contributed by atoms with E-state index in [2.05, 4.69) is 15.5 Å². The summed E-state index contributed by atoms with van der Waals surface area (Å²) in [5, 5.41) is 6.46. The monoisotopic (exact) mass is 527 g/mol. The summed E-state index contributed by atoms with van der Waals surface area (Å²) < 4.78 is 11.1. The number of Topliss-reactive ketones (excluding diaryl/α,β-unsaturated/α-hetero) is 1. The fraction of sp³-hybridized carbons (Fsp3) is 0.375. The molecule has 0 unspecified atom stereocenters. The number of ketones is 1. The fourth-order valence-electron chi connectivity index (χ4n) is 5.70. The number of rotatable bonds is 9. The van der Waals surface area contributed by atoms with Gasteiger partial charge in [0.1, 0.15) is 0 Å². The first-order valence-electron chi connectivity index (χ1n) is 13.9. The number of fused-ring (bicyclic) bond motifs is 1. The Morgan fingerprint density at radius 1 is 0.872 bits per heavy atom. The highest BCUT2D eigenvalue weighted by molar-refractivity contribution is 6.12. The van der Waals surface area contributed by atoms with E-state index in [1.807, 2.05) is 54.6 Å². The van der Waals surface area contributed by atoms with E-state index in [9.17, 15) is 9.59 Å². The average molecular weight is 528 g/mol. The predicted molar refractivity (Wildman–Crippen MR) is 155 cm³/mol. The van der Waals surface area contributed by atoms with Crippen molar-refractivity contribution in [3.05, 3.63) is 71.3 Å². The lowest BCUT2D eigenvalue weighted by Gasteiger charge is -2.20. The molecular weight excluding hydrogens is 490 g/mol. The Balaban J connectivity index is 1.29. The van der Waals surface area contributed by atoms with Crippen LogP contribution in [0, 0.1) is 0 Å². The smallest absolute Gasteiger partial charge is 0.255 e. The summed E-state index contributed by atoms with van der Waals surface area (Å²) in [6, 6.07) is 17.0. The Hall–Kier alpha value is -3.84. The molecule has 3 aromatic carbocycles. The van der Waals surface area contributed by atoms with E-state index in [0.29, 0.717) is 41.2 Å². The van der Waals surface area contributed by atoms with Crippen LogP contribution in [0.1, 0.15) is 58.4 Å². The zero-order valence-corrected chi connectivity index (χ0v) is 22.8. The number of hydrogen-bond acceptors (Lipinski definition) is 6. The Morgan fingerprint density at radius 2 is 1.64 bits per heavy atom. The standard InChI is InChI=1S/C32H37N3O4/c1-38-29-9-7-8-26(31(29)39-2)24-14-16-27(30-25(24)15-17-28(30)36)34-32(37)22-10-12-23(13-11-22)33-18-21-35-19-5-3-4-6-20-35/h7-14,16,33H,3-6,15,17-21H2,1-2H3,(H,34,37). The Bertz CT molecular complexity index is 1330. The van der Waals surface area contributed by atoms with E-state index >= 15 is 0 Å². The van der Waals surface area contributed by atoms with Crippen molar-refractivity contribution in [2.24, 2.45) is 0 Å². The maximum Gasteiger partial charge on any atom is 0.255 e. The van der Waals surface area contributed by atoms with Crippen molar-refractivity contribution in [1.82, 2.24) is 4.90 Å². The van der Waals surface area contributed by atoms with Gasteiger partial charge >= 0.3 is 0 Å². The van der Waals surface area contributed by atoms with Crippen LogP contribution in [-0.2, 0) is 6.42 Å². The summed E-state index contributed by atoms with van der Waals surface area (Å²) in [5.74, 6) is 1.05. The summed E-state index contributed by atoms with van der Waals surface area (Å²) in [7, 11) is 3.21. The van der Waals surface area contributed by atoms with Crippen LogP contribution in [-0.4, -0.2) is 57.0 Å². The van der Waals surface area contributed by atoms with E-state index in [0.717, 1.165) is 35.5 Å². The van der Waals surface area contributed by atoms with Crippen molar-refractivity contribution < 1.29 is 19.1 Å². The highest BCUT2D eigenvalue weighted by atomic mass is 16.5. The second kappa shape index (κ2) is 12.3. The van der Waals surface area contributed by atoms with Crippen molar-refractivity contribution in [1.29, 1.82) is 0 Å². The van der Waals surface area contributed by atoms with Crippen LogP contribution in [0.2, 0.25) is 0 Å². The first-order valence-corrected chi connectivity index (χ1v) is 13.9. The molecule has 1 aliphatic heterocycles. The minimum absolute atomic E-state index is 0.0352. The van der Waals surface area contributed by atoms with Crippen LogP contribution >= 0.6 is 0 Å². The highest BCUT2D eigenvalue weighted by Gasteiger charge is 2.28. The van der Waals surface area contributed by atoms with Gasteiger partial charge in [0, 0.05) is 41.9 Å². The lowest BCUT2D eigenvalue weighted by Crippen LogP contribution is -2.29. The molecule has 204 valence electrons. The van der Waals surface area contributed by atoms with Crippen LogP contribution in [0.25, 0.3) is 11.1 Å². The molecule has 0 radical (unpaired) electrons. The number of para-hydroxylation sites is 1.